The van der Waals surface area contributed by atoms with Crippen LogP contribution < -0.4 is 15.4 Å². The number of amides is 1. The molecule has 0 aliphatic carbocycles. The molecule has 0 radical (unpaired) electrons. The Labute approximate surface area is 184 Å². The Morgan fingerprint density at radius 2 is 2.03 bits per heavy atom. The number of hydrogen-bond acceptors (Lipinski definition) is 5. The van der Waals surface area contributed by atoms with Crippen LogP contribution >= 0.6 is 11.6 Å². The molecule has 0 unspecified atom stereocenters. The number of pyridine rings is 1. The highest BCUT2D eigenvalue weighted by Crippen LogP contribution is 2.24. The number of amidine groups is 1. The van der Waals surface area contributed by atoms with Crippen molar-refractivity contribution in [3.8, 4) is 11.5 Å². The van der Waals surface area contributed by atoms with E-state index in [0.29, 0.717) is 23.6 Å². The first kappa shape index (κ1) is 20.8. The number of nitrogens with one attached hydrogen (secondary N) is 2. The maximum absolute atomic E-state index is 13.2. The smallest absolute Gasteiger partial charge is 0.224 e. The Hall–Kier alpha value is -3.45. The standard InChI is InChI=1S/C23H20ClFN4O2/c24-19-13-16(5-6-20(19)25)29-22(30)7-4-15-2-1-3-17(12-15)31-18-8-9-26-21(14-18)23-27-10-11-28-23/h1-3,5-6,8-9,12-14H,4,7,10-11H2,(H,27,28)(H,29,30). The van der Waals surface area contributed by atoms with Gasteiger partial charge in [0.25, 0.3) is 0 Å². The Balaban J connectivity index is 1.35. The molecule has 0 saturated carbocycles. The molecule has 3 aromatic rings. The predicted molar refractivity (Wildman–Crippen MR) is 119 cm³/mol. The number of ether oxygens (including phenoxy) is 1. The summed E-state index contributed by atoms with van der Waals surface area (Å²) < 4.78 is 19.2. The first-order valence-electron chi connectivity index (χ1n) is 9.83. The Bertz CT molecular complexity index is 1140. The highest BCUT2D eigenvalue weighted by atomic mass is 35.5. The van der Waals surface area contributed by atoms with Crippen molar-refractivity contribution in [2.24, 2.45) is 4.99 Å². The molecule has 1 aromatic heterocycles. The number of aliphatic imine (C=N–C) groups is 1. The lowest BCUT2D eigenvalue weighted by Gasteiger charge is -2.10. The molecule has 158 valence electrons. The van der Waals surface area contributed by atoms with Gasteiger partial charge in [0.2, 0.25) is 5.91 Å². The van der Waals surface area contributed by atoms with Crippen molar-refractivity contribution in [1.29, 1.82) is 0 Å². The van der Waals surface area contributed by atoms with Crippen LogP contribution in [0.3, 0.4) is 0 Å². The van der Waals surface area contributed by atoms with Crippen molar-refractivity contribution >= 4 is 29.0 Å². The quantitative estimate of drug-likeness (QED) is 0.565. The zero-order valence-electron chi connectivity index (χ0n) is 16.6. The van der Waals surface area contributed by atoms with Gasteiger partial charge in [-0.25, -0.2) is 4.39 Å². The maximum Gasteiger partial charge on any atom is 0.224 e. The van der Waals surface area contributed by atoms with Gasteiger partial charge in [-0.2, -0.15) is 0 Å². The lowest BCUT2D eigenvalue weighted by molar-refractivity contribution is -0.116. The SMILES string of the molecule is O=C(CCc1cccc(Oc2ccnc(C3=NCCN3)c2)c1)Nc1ccc(F)c(Cl)c1. The van der Waals surface area contributed by atoms with E-state index in [9.17, 15) is 9.18 Å². The van der Waals surface area contributed by atoms with Crippen molar-refractivity contribution in [3.05, 3.63) is 82.9 Å². The van der Waals surface area contributed by atoms with Gasteiger partial charge < -0.3 is 15.4 Å². The number of aryl methyl sites for hydroxylation is 1. The van der Waals surface area contributed by atoms with Crippen molar-refractivity contribution < 1.29 is 13.9 Å². The van der Waals surface area contributed by atoms with Gasteiger partial charge in [0.15, 0.2) is 0 Å². The summed E-state index contributed by atoms with van der Waals surface area (Å²) in [5.74, 6) is 1.39. The Morgan fingerprint density at radius 3 is 2.84 bits per heavy atom. The van der Waals surface area contributed by atoms with E-state index in [1.807, 2.05) is 30.3 Å². The first-order chi connectivity index (χ1) is 15.1. The largest absolute Gasteiger partial charge is 0.457 e. The number of nitrogens with zero attached hydrogens (tertiary/aromatic N) is 2. The second-order valence-corrected chi connectivity index (χ2v) is 7.37. The highest BCUT2D eigenvalue weighted by molar-refractivity contribution is 6.31. The maximum atomic E-state index is 13.2. The van der Waals surface area contributed by atoms with Crippen LogP contribution in [0.2, 0.25) is 5.02 Å². The highest BCUT2D eigenvalue weighted by Gasteiger charge is 2.11. The van der Waals surface area contributed by atoms with E-state index in [-0.39, 0.29) is 17.4 Å². The van der Waals surface area contributed by atoms with Gasteiger partial charge in [-0.15, -0.1) is 0 Å². The molecule has 31 heavy (non-hydrogen) atoms. The van der Waals surface area contributed by atoms with Crippen LogP contribution in [-0.2, 0) is 11.2 Å². The molecule has 0 fully saturated rings. The summed E-state index contributed by atoms with van der Waals surface area (Å²) in [7, 11) is 0. The predicted octanol–water partition coefficient (Wildman–Crippen LogP) is 4.59. The number of rotatable bonds is 7. The fourth-order valence-corrected chi connectivity index (χ4v) is 3.31. The number of carbonyl (C=O) groups is 1. The summed E-state index contributed by atoms with van der Waals surface area (Å²) in [5, 5.41) is 5.88. The van der Waals surface area contributed by atoms with Crippen molar-refractivity contribution in [2.75, 3.05) is 18.4 Å². The molecule has 4 rings (SSSR count). The summed E-state index contributed by atoms with van der Waals surface area (Å²) in [6.45, 7) is 1.55. The average Bonchev–Trinajstić information content (AvgIpc) is 3.31. The normalized spacial score (nSPS) is 12.8. The summed E-state index contributed by atoms with van der Waals surface area (Å²) >= 11 is 5.75. The number of aromatic nitrogens is 1. The summed E-state index contributed by atoms with van der Waals surface area (Å²) in [6.07, 6.45) is 2.48. The van der Waals surface area contributed by atoms with Crippen LogP contribution in [0.1, 0.15) is 17.7 Å². The van der Waals surface area contributed by atoms with E-state index in [4.69, 9.17) is 16.3 Å². The van der Waals surface area contributed by atoms with Crippen molar-refractivity contribution in [3.63, 3.8) is 0 Å². The minimum absolute atomic E-state index is 0.0299. The molecule has 1 aliphatic rings. The fourth-order valence-electron chi connectivity index (χ4n) is 3.13. The van der Waals surface area contributed by atoms with Gasteiger partial charge in [0, 0.05) is 30.9 Å². The molecule has 2 heterocycles. The summed E-state index contributed by atoms with van der Waals surface area (Å²) in [5.41, 5.74) is 2.16. The average molecular weight is 439 g/mol. The lowest BCUT2D eigenvalue weighted by atomic mass is 10.1. The molecule has 0 saturated heterocycles. The minimum Gasteiger partial charge on any atom is -0.457 e. The van der Waals surface area contributed by atoms with Crippen LogP contribution in [0.4, 0.5) is 10.1 Å². The van der Waals surface area contributed by atoms with Gasteiger partial charge in [-0.3, -0.25) is 14.8 Å². The van der Waals surface area contributed by atoms with E-state index < -0.39 is 5.82 Å². The van der Waals surface area contributed by atoms with E-state index in [1.165, 1.54) is 18.2 Å². The van der Waals surface area contributed by atoms with Crippen LogP contribution in [0.15, 0.2) is 65.8 Å². The summed E-state index contributed by atoms with van der Waals surface area (Å²) in [4.78, 5) is 20.9. The number of carbonyl (C=O) groups excluding carboxylic acids is 1. The van der Waals surface area contributed by atoms with Gasteiger partial charge in [0.05, 0.1) is 11.6 Å². The van der Waals surface area contributed by atoms with Crippen LogP contribution in [-0.4, -0.2) is 29.8 Å². The topological polar surface area (TPSA) is 75.6 Å². The number of halogens is 2. The number of benzene rings is 2. The van der Waals surface area contributed by atoms with Crippen LogP contribution in [0.5, 0.6) is 11.5 Å². The Morgan fingerprint density at radius 1 is 1.16 bits per heavy atom. The van der Waals surface area contributed by atoms with Crippen LogP contribution in [0, 0.1) is 5.82 Å². The molecule has 6 nitrogen and oxygen atoms in total. The number of hydrogen-bond donors (Lipinski definition) is 2. The van der Waals surface area contributed by atoms with Gasteiger partial charge >= 0.3 is 0 Å². The van der Waals surface area contributed by atoms with E-state index >= 15 is 0 Å². The van der Waals surface area contributed by atoms with Crippen molar-refractivity contribution in [2.45, 2.75) is 12.8 Å². The van der Waals surface area contributed by atoms with E-state index in [2.05, 4.69) is 20.6 Å². The molecular formula is C23H20ClFN4O2. The molecule has 1 amide bonds. The lowest BCUT2D eigenvalue weighted by Crippen LogP contribution is -2.20. The van der Waals surface area contributed by atoms with Gasteiger partial charge in [0.1, 0.15) is 28.8 Å². The fraction of sp³-hybridized carbons (Fsp3) is 0.174. The molecule has 2 N–H and O–H groups in total. The van der Waals surface area contributed by atoms with Gasteiger partial charge in [-0.1, -0.05) is 23.7 Å². The Kier molecular flexibility index (Phi) is 6.43. The van der Waals surface area contributed by atoms with Gasteiger partial charge in [-0.05, 0) is 48.4 Å². The molecular weight excluding hydrogens is 419 g/mol. The monoisotopic (exact) mass is 438 g/mol. The van der Waals surface area contributed by atoms with Crippen molar-refractivity contribution in [1.82, 2.24) is 10.3 Å². The summed E-state index contributed by atoms with van der Waals surface area (Å²) in [6, 6.07) is 15.3. The number of anilines is 1. The molecule has 2 aromatic carbocycles. The molecule has 0 atom stereocenters. The van der Waals surface area contributed by atoms with E-state index in [0.717, 1.165) is 30.2 Å². The second-order valence-electron chi connectivity index (χ2n) is 6.96. The zero-order valence-corrected chi connectivity index (χ0v) is 17.3. The third-order valence-corrected chi connectivity index (χ3v) is 4.92. The molecule has 1 aliphatic heterocycles. The molecule has 0 bridgehead atoms. The first-order valence-corrected chi connectivity index (χ1v) is 10.2. The third-order valence-electron chi connectivity index (χ3n) is 4.63. The molecule has 0 spiro atoms. The minimum atomic E-state index is -0.523. The molecule has 8 heteroatoms. The third kappa shape index (κ3) is 5.58. The van der Waals surface area contributed by atoms with Crippen LogP contribution in [0.25, 0.3) is 0 Å². The zero-order chi connectivity index (χ0) is 21.6. The van der Waals surface area contributed by atoms with E-state index in [1.54, 1.807) is 12.3 Å². The second kappa shape index (κ2) is 9.57.